The summed E-state index contributed by atoms with van der Waals surface area (Å²) in [6.07, 6.45) is 5.54. The molecule has 0 aromatic rings. The monoisotopic (exact) mass is 253 g/mol. The number of nitrogens with one attached hydrogen (secondary N) is 1. The second kappa shape index (κ2) is 6.88. The third kappa shape index (κ3) is 3.25. The number of hydrogen-bond acceptors (Lipinski definition) is 3. The van der Waals surface area contributed by atoms with Gasteiger partial charge in [0, 0.05) is 37.8 Å². The van der Waals surface area contributed by atoms with Crippen molar-refractivity contribution in [2.75, 3.05) is 32.7 Å². The van der Waals surface area contributed by atoms with Crippen LogP contribution in [0.3, 0.4) is 0 Å². The van der Waals surface area contributed by atoms with Crippen molar-refractivity contribution in [3.05, 3.63) is 0 Å². The van der Waals surface area contributed by atoms with E-state index in [1.807, 2.05) is 0 Å². The first kappa shape index (κ1) is 14.3. The van der Waals surface area contributed by atoms with Gasteiger partial charge in [0.1, 0.15) is 0 Å². The first-order chi connectivity index (χ1) is 8.76. The van der Waals surface area contributed by atoms with Gasteiger partial charge in [-0.25, -0.2) is 0 Å². The molecule has 0 aromatic carbocycles. The van der Waals surface area contributed by atoms with Crippen LogP contribution in [0.5, 0.6) is 0 Å². The first-order valence-electron chi connectivity index (χ1n) is 7.96. The second-order valence-electron chi connectivity index (χ2n) is 6.06. The maximum atomic E-state index is 3.53. The molecular weight excluding hydrogens is 222 g/mol. The van der Waals surface area contributed by atoms with E-state index < -0.39 is 0 Å². The maximum Gasteiger partial charge on any atom is 0.0224 e. The Kier molecular flexibility index (Phi) is 5.46. The van der Waals surface area contributed by atoms with E-state index >= 15 is 0 Å². The number of piperidine rings is 1. The van der Waals surface area contributed by atoms with Crippen LogP contribution in [0.15, 0.2) is 0 Å². The van der Waals surface area contributed by atoms with E-state index in [0.717, 1.165) is 31.2 Å². The number of fused-ring (bicyclic) bond motifs is 1. The van der Waals surface area contributed by atoms with Crippen LogP contribution in [0.2, 0.25) is 0 Å². The molecule has 2 heterocycles. The normalized spacial score (nSPS) is 32.2. The summed E-state index contributed by atoms with van der Waals surface area (Å²) in [5.74, 6) is 0. The van der Waals surface area contributed by atoms with Crippen LogP contribution < -0.4 is 5.32 Å². The van der Waals surface area contributed by atoms with Gasteiger partial charge in [0.2, 0.25) is 0 Å². The topological polar surface area (TPSA) is 18.5 Å². The molecule has 0 spiro atoms. The van der Waals surface area contributed by atoms with Crippen LogP contribution >= 0.6 is 0 Å². The van der Waals surface area contributed by atoms with Crippen molar-refractivity contribution in [1.82, 2.24) is 15.1 Å². The van der Waals surface area contributed by atoms with E-state index in [1.54, 1.807) is 0 Å². The molecule has 2 aliphatic heterocycles. The lowest BCUT2D eigenvalue weighted by Crippen LogP contribution is -2.62. The van der Waals surface area contributed by atoms with E-state index in [-0.39, 0.29) is 0 Å². The van der Waals surface area contributed by atoms with E-state index in [0.29, 0.717) is 0 Å². The first-order valence-corrected chi connectivity index (χ1v) is 7.96. The summed E-state index contributed by atoms with van der Waals surface area (Å²) in [4.78, 5) is 5.51. The zero-order chi connectivity index (χ0) is 13.0. The number of nitrogens with zero attached hydrogens (tertiary/aromatic N) is 2. The average Bonchev–Trinajstić information content (AvgIpc) is 2.40. The fourth-order valence-corrected chi connectivity index (χ4v) is 3.69. The Morgan fingerprint density at radius 3 is 2.78 bits per heavy atom. The van der Waals surface area contributed by atoms with Crippen LogP contribution in [-0.2, 0) is 0 Å². The molecule has 0 amide bonds. The number of rotatable bonds is 5. The largest absolute Gasteiger partial charge is 0.315 e. The molecule has 3 atom stereocenters. The fraction of sp³-hybridized carbons (Fsp3) is 1.00. The zero-order valence-electron chi connectivity index (χ0n) is 12.5. The molecule has 106 valence electrons. The predicted octanol–water partition coefficient (Wildman–Crippen LogP) is 1.93. The predicted molar refractivity (Wildman–Crippen MR) is 78.0 cm³/mol. The minimum absolute atomic E-state index is 0.725. The molecule has 0 aromatic heterocycles. The van der Waals surface area contributed by atoms with Crippen molar-refractivity contribution in [2.24, 2.45) is 0 Å². The van der Waals surface area contributed by atoms with Gasteiger partial charge < -0.3 is 5.32 Å². The van der Waals surface area contributed by atoms with Crippen molar-refractivity contribution in [1.29, 1.82) is 0 Å². The maximum absolute atomic E-state index is 3.53. The summed E-state index contributed by atoms with van der Waals surface area (Å²) in [5, 5.41) is 3.53. The molecule has 0 aliphatic carbocycles. The summed E-state index contributed by atoms with van der Waals surface area (Å²) in [6, 6.07) is 2.29. The van der Waals surface area contributed by atoms with E-state index in [1.165, 1.54) is 45.3 Å². The molecular formula is C15H31N3. The highest BCUT2D eigenvalue weighted by Gasteiger charge is 2.35. The van der Waals surface area contributed by atoms with Gasteiger partial charge in [-0.3, -0.25) is 9.80 Å². The molecule has 3 nitrogen and oxygen atoms in total. The third-order valence-corrected chi connectivity index (χ3v) is 4.81. The Labute approximate surface area is 113 Å². The van der Waals surface area contributed by atoms with Gasteiger partial charge in [-0.05, 0) is 39.3 Å². The summed E-state index contributed by atoms with van der Waals surface area (Å²) in [7, 11) is 0. The molecule has 2 rings (SSSR count). The molecule has 18 heavy (non-hydrogen) atoms. The molecule has 3 heteroatoms. The lowest BCUT2D eigenvalue weighted by atomic mass is 9.95. The van der Waals surface area contributed by atoms with Crippen molar-refractivity contribution in [2.45, 2.75) is 64.6 Å². The van der Waals surface area contributed by atoms with Gasteiger partial charge in [0.15, 0.2) is 0 Å². The summed E-state index contributed by atoms with van der Waals surface area (Å²) in [6.45, 7) is 13.1. The SMILES string of the molecule is CCNCC(CC)N1CC2CCCCN2CC1C. The second-order valence-corrected chi connectivity index (χ2v) is 6.06. The molecule has 2 saturated heterocycles. The van der Waals surface area contributed by atoms with E-state index in [9.17, 15) is 0 Å². The number of piperazine rings is 1. The smallest absolute Gasteiger partial charge is 0.0224 e. The van der Waals surface area contributed by atoms with Gasteiger partial charge in [0.05, 0.1) is 0 Å². The van der Waals surface area contributed by atoms with Gasteiger partial charge in [-0.1, -0.05) is 20.3 Å². The highest BCUT2D eigenvalue weighted by atomic mass is 15.3. The Bertz CT molecular complexity index is 244. The Morgan fingerprint density at radius 1 is 1.22 bits per heavy atom. The highest BCUT2D eigenvalue weighted by Crippen LogP contribution is 2.25. The molecule has 0 saturated carbocycles. The van der Waals surface area contributed by atoms with Crippen LogP contribution in [0.25, 0.3) is 0 Å². The summed E-state index contributed by atoms with van der Waals surface area (Å²) >= 11 is 0. The van der Waals surface area contributed by atoms with Crippen molar-refractivity contribution in [3.8, 4) is 0 Å². The van der Waals surface area contributed by atoms with Gasteiger partial charge in [0.25, 0.3) is 0 Å². The van der Waals surface area contributed by atoms with E-state index in [2.05, 4.69) is 35.9 Å². The average molecular weight is 253 g/mol. The van der Waals surface area contributed by atoms with Crippen molar-refractivity contribution < 1.29 is 0 Å². The number of likely N-dealkylation sites (N-methyl/N-ethyl adjacent to an activating group) is 1. The number of hydrogen-bond donors (Lipinski definition) is 1. The summed E-state index contributed by atoms with van der Waals surface area (Å²) < 4.78 is 0. The van der Waals surface area contributed by atoms with Gasteiger partial charge in [-0.2, -0.15) is 0 Å². The minimum atomic E-state index is 0.725. The quantitative estimate of drug-likeness (QED) is 0.808. The molecule has 1 N–H and O–H groups in total. The van der Waals surface area contributed by atoms with Crippen molar-refractivity contribution in [3.63, 3.8) is 0 Å². The van der Waals surface area contributed by atoms with Gasteiger partial charge in [-0.15, -0.1) is 0 Å². The van der Waals surface area contributed by atoms with E-state index in [4.69, 9.17) is 0 Å². The molecule has 2 fully saturated rings. The van der Waals surface area contributed by atoms with Crippen molar-refractivity contribution >= 4 is 0 Å². The minimum Gasteiger partial charge on any atom is -0.315 e. The standard InChI is InChI=1S/C15H31N3/c1-4-14(10-16-5-2)18-12-15-8-6-7-9-17(15)11-13(18)3/h13-16H,4-12H2,1-3H3. The Morgan fingerprint density at radius 2 is 2.06 bits per heavy atom. The lowest BCUT2D eigenvalue weighted by Gasteiger charge is -2.50. The van der Waals surface area contributed by atoms with Crippen LogP contribution in [0, 0.1) is 0 Å². The fourth-order valence-electron chi connectivity index (χ4n) is 3.69. The van der Waals surface area contributed by atoms with Gasteiger partial charge >= 0.3 is 0 Å². The highest BCUT2D eigenvalue weighted by molar-refractivity contribution is 4.92. The van der Waals surface area contributed by atoms with Crippen LogP contribution in [0.1, 0.15) is 46.5 Å². The molecule has 0 radical (unpaired) electrons. The van der Waals surface area contributed by atoms with Crippen LogP contribution in [0.4, 0.5) is 0 Å². The third-order valence-electron chi connectivity index (χ3n) is 4.81. The van der Waals surface area contributed by atoms with Crippen LogP contribution in [-0.4, -0.2) is 60.6 Å². The molecule has 2 aliphatic rings. The molecule has 0 bridgehead atoms. The Hall–Kier alpha value is -0.120. The zero-order valence-corrected chi connectivity index (χ0v) is 12.5. The summed E-state index contributed by atoms with van der Waals surface area (Å²) in [5.41, 5.74) is 0. The Balaban J connectivity index is 1.94. The lowest BCUT2D eigenvalue weighted by molar-refractivity contribution is -0.00834. The molecule has 3 unspecified atom stereocenters.